The fourth-order valence-electron chi connectivity index (χ4n) is 15.3. The Balaban J connectivity index is 0.920. The van der Waals surface area contributed by atoms with Crippen molar-refractivity contribution in [2.24, 2.45) is 11.8 Å². The number of hydrogen-bond donors (Lipinski definition) is 0. The minimum atomic E-state index is -0.193. The van der Waals surface area contributed by atoms with Crippen LogP contribution in [-0.2, 0) is 16.2 Å². The third-order valence-corrected chi connectivity index (χ3v) is 19.1. The van der Waals surface area contributed by atoms with Gasteiger partial charge in [0.15, 0.2) is 0 Å². The van der Waals surface area contributed by atoms with E-state index in [1.807, 2.05) is 0 Å². The summed E-state index contributed by atoms with van der Waals surface area (Å²) in [7, 11) is 0. The normalized spacial score (nSPS) is 27.6. The number of anilines is 4. The number of rotatable bonds is 4. The molecule has 334 valence electrons. The first kappa shape index (κ1) is 41.1. The number of fused-ring (bicyclic) bond motifs is 14. The van der Waals surface area contributed by atoms with Crippen molar-refractivity contribution in [2.45, 2.75) is 121 Å². The first-order chi connectivity index (χ1) is 32.2. The Bertz CT molecular complexity index is 3350. The van der Waals surface area contributed by atoms with Crippen molar-refractivity contribution in [1.29, 1.82) is 0 Å². The van der Waals surface area contributed by atoms with Gasteiger partial charge in [-0.3, -0.25) is 0 Å². The first-order valence-corrected chi connectivity index (χ1v) is 25.4. The van der Waals surface area contributed by atoms with Crippen LogP contribution in [0.25, 0.3) is 54.9 Å². The van der Waals surface area contributed by atoms with Gasteiger partial charge in [-0.1, -0.05) is 139 Å². The Labute approximate surface area is 398 Å². The third-order valence-electron chi connectivity index (χ3n) is 19.1. The number of para-hydroxylation sites is 2. The van der Waals surface area contributed by atoms with Crippen LogP contribution in [0.2, 0.25) is 0 Å². The predicted octanol–water partition coefficient (Wildman–Crippen LogP) is 17.6. The van der Waals surface area contributed by atoms with Gasteiger partial charge in [-0.05, 0) is 202 Å². The monoisotopic (exact) mass is 873 g/mol. The van der Waals surface area contributed by atoms with Crippen LogP contribution < -0.4 is 9.80 Å². The van der Waals surface area contributed by atoms with Crippen molar-refractivity contribution in [2.75, 3.05) is 9.80 Å². The standard InChI is InChI=1S/C65H64N2/c1-41-31-33-62(5)55-37-45(25-29-57(55)66(64(62,7)39-41)47-17-11-9-12-18-47)43-23-27-51-53(35-43)49-21-15-16-22-50(49)59-52-28-24-44(36-54(52)61(3,4)60(51)59)46-26-30-58-56(38-46)63(6)34-32-42(2)40-65(63,8)67(58)48-19-13-10-14-20-48/h9-30,35-38,41-42H,31-34,39-40H2,1-8H3. The molecule has 2 heteroatoms. The molecule has 8 aromatic carbocycles. The van der Waals surface area contributed by atoms with Crippen LogP contribution in [0, 0.1) is 11.8 Å². The minimum absolute atomic E-state index is 0.00542. The highest BCUT2D eigenvalue weighted by atomic mass is 15.3. The first-order valence-electron chi connectivity index (χ1n) is 25.4. The van der Waals surface area contributed by atoms with Crippen LogP contribution in [0.4, 0.5) is 22.7 Å². The molecule has 6 atom stereocenters. The van der Waals surface area contributed by atoms with Gasteiger partial charge in [-0.25, -0.2) is 0 Å². The van der Waals surface area contributed by atoms with E-state index in [4.69, 9.17) is 0 Å². The molecule has 2 heterocycles. The highest BCUT2D eigenvalue weighted by molar-refractivity contribution is 6.19. The lowest BCUT2D eigenvalue weighted by Crippen LogP contribution is -2.56. The SMILES string of the molecule is CC1CCC2(C)c3cc(-c4ccc5c(c4)C(C)(C)c4c-5c5ccccc5c5cc(-c6ccc7c(c6)C6(C)CCC(C)CC6(C)N7c6ccccc6)ccc45)ccc3N(c3ccccc3)C2(C)C1. The maximum absolute atomic E-state index is 2.70. The Morgan fingerprint density at radius 2 is 0.866 bits per heavy atom. The van der Waals surface area contributed by atoms with Gasteiger partial charge in [-0.2, -0.15) is 0 Å². The molecular formula is C65H64N2. The molecule has 0 N–H and O–H groups in total. The molecular weight excluding hydrogens is 809 g/mol. The number of nitrogens with zero attached hydrogens (tertiary/aromatic N) is 2. The van der Waals surface area contributed by atoms with E-state index in [0.29, 0.717) is 11.8 Å². The average Bonchev–Trinajstić information content (AvgIpc) is 3.79. The van der Waals surface area contributed by atoms with Crippen molar-refractivity contribution >= 4 is 44.3 Å². The van der Waals surface area contributed by atoms with Crippen molar-refractivity contribution < 1.29 is 0 Å². The van der Waals surface area contributed by atoms with Gasteiger partial charge >= 0.3 is 0 Å². The summed E-state index contributed by atoms with van der Waals surface area (Å²) in [5.41, 5.74) is 19.2. The molecule has 0 amide bonds. The minimum Gasteiger partial charge on any atom is -0.334 e. The third kappa shape index (κ3) is 5.39. The fourth-order valence-corrected chi connectivity index (χ4v) is 15.3. The van der Waals surface area contributed by atoms with Crippen LogP contribution in [0.5, 0.6) is 0 Å². The van der Waals surface area contributed by atoms with Crippen LogP contribution in [-0.4, -0.2) is 11.1 Å². The molecule has 2 saturated carbocycles. The topological polar surface area (TPSA) is 6.48 Å². The zero-order valence-corrected chi connectivity index (χ0v) is 40.8. The lowest BCUT2D eigenvalue weighted by Gasteiger charge is -2.52. The summed E-state index contributed by atoms with van der Waals surface area (Å²) in [6.07, 6.45) is 7.32. The molecule has 3 aliphatic carbocycles. The van der Waals surface area contributed by atoms with Gasteiger partial charge in [0.05, 0.1) is 11.1 Å². The fraction of sp³-hybridized carbons (Fsp3) is 0.323. The predicted molar refractivity (Wildman–Crippen MR) is 285 cm³/mol. The highest BCUT2D eigenvalue weighted by Crippen LogP contribution is 2.64. The lowest BCUT2D eigenvalue weighted by atomic mass is 9.59. The molecule has 13 rings (SSSR count). The summed E-state index contributed by atoms with van der Waals surface area (Å²) >= 11 is 0. The highest BCUT2D eigenvalue weighted by Gasteiger charge is 2.60. The van der Waals surface area contributed by atoms with Crippen LogP contribution >= 0.6 is 0 Å². The van der Waals surface area contributed by atoms with E-state index in [9.17, 15) is 0 Å². The maximum atomic E-state index is 2.70. The zero-order chi connectivity index (χ0) is 45.8. The molecule has 0 aromatic heterocycles. The van der Waals surface area contributed by atoms with Crippen LogP contribution in [0.15, 0.2) is 158 Å². The van der Waals surface area contributed by atoms with Gasteiger partial charge in [-0.15, -0.1) is 0 Å². The Hall–Kier alpha value is -6.12. The molecule has 5 aliphatic rings. The van der Waals surface area contributed by atoms with Crippen molar-refractivity contribution in [3.63, 3.8) is 0 Å². The largest absolute Gasteiger partial charge is 0.334 e. The van der Waals surface area contributed by atoms with E-state index in [2.05, 4.69) is 223 Å². The van der Waals surface area contributed by atoms with Crippen molar-refractivity contribution in [3.05, 3.63) is 180 Å². The van der Waals surface area contributed by atoms with E-state index in [1.54, 1.807) is 0 Å². The second-order valence-corrected chi connectivity index (χ2v) is 23.2. The van der Waals surface area contributed by atoms with Crippen LogP contribution in [0.1, 0.15) is 116 Å². The van der Waals surface area contributed by atoms with E-state index in [0.717, 1.165) is 0 Å². The van der Waals surface area contributed by atoms with E-state index < -0.39 is 0 Å². The molecule has 8 aromatic rings. The van der Waals surface area contributed by atoms with Crippen molar-refractivity contribution in [3.8, 4) is 33.4 Å². The smallest absolute Gasteiger partial charge is 0.0520 e. The Kier molecular flexibility index (Phi) is 8.57. The summed E-state index contributed by atoms with van der Waals surface area (Å²) < 4.78 is 0. The summed E-state index contributed by atoms with van der Waals surface area (Å²) in [4.78, 5) is 5.39. The van der Waals surface area contributed by atoms with Crippen molar-refractivity contribution in [1.82, 2.24) is 0 Å². The van der Waals surface area contributed by atoms with E-state index in [1.165, 1.54) is 138 Å². The molecule has 2 nitrogen and oxygen atoms in total. The number of hydrogen-bond acceptors (Lipinski definition) is 2. The quantitative estimate of drug-likeness (QED) is 0.163. The van der Waals surface area contributed by atoms with Gasteiger partial charge in [0, 0.05) is 39.0 Å². The summed E-state index contributed by atoms with van der Waals surface area (Å²) in [5, 5.41) is 5.41. The molecule has 0 spiro atoms. The average molecular weight is 873 g/mol. The summed E-state index contributed by atoms with van der Waals surface area (Å²) in [6.45, 7) is 20.1. The Morgan fingerprint density at radius 3 is 1.40 bits per heavy atom. The molecule has 0 bridgehead atoms. The molecule has 2 fully saturated rings. The van der Waals surface area contributed by atoms with E-state index in [-0.39, 0.29) is 27.3 Å². The Morgan fingerprint density at radius 1 is 0.418 bits per heavy atom. The second-order valence-electron chi connectivity index (χ2n) is 23.2. The lowest BCUT2D eigenvalue weighted by molar-refractivity contribution is 0.154. The number of benzene rings is 8. The van der Waals surface area contributed by atoms with Gasteiger partial charge in [0.25, 0.3) is 0 Å². The summed E-state index contributed by atoms with van der Waals surface area (Å²) in [6, 6.07) is 61.1. The summed E-state index contributed by atoms with van der Waals surface area (Å²) in [5.74, 6) is 1.39. The molecule has 6 unspecified atom stereocenters. The maximum Gasteiger partial charge on any atom is 0.0520 e. The van der Waals surface area contributed by atoms with Gasteiger partial charge in [0.2, 0.25) is 0 Å². The zero-order valence-electron chi connectivity index (χ0n) is 40.8. The molecule has 67 heavy (non-hydrogen) atoms. The van der Waals surface area contributed by atoms with E-state index >= 15 is 0 Å². The molecule has 0 radical (unpaired) electrons. The second kappa shape index (κ2) is 14.0. The molecule has 0 saturated heterocycles. The molecule has 2 aliphatic heterocycles. The van der Waals surface area contributed by atoms with Gasteiger partial charge < -0.3 is 9.80 Å². The van der Waals surface area contributed by atoms with Crippen LogP contribution in [0.3, 0.4) is 0 Å². The van der Waals surface area contributed by atoms with Gasteiger partial charge in [0.1, 0.15) is 0 Å².